The smallest absolute Gasteiger partial charge is 0.192 e. The molecule has 2 N–H and O–H groups in total. The Balaban J connectivity index is 2.47. The first-order valence-corrected chi connectivity index (χ1v) is 5.20. The molecule has 5 heteroatoms. The van der Waals surface area contributed by atoms with Crippen LogP contribution in [0.5, 0.6) is 0 Å². The molecule has 0 atom stereocenters. The van der Waals surface area contributed by atoms with Crippen LogP contribution in [0, 0.1) is 6.92 Å². The molecule has 0 aliphatic rings. The van der Waals surface area contributed by atoms with Gasteiger partial charge in [0.2, 0.25) is 0 Å². The summed E-state index contributed by atoms with van der Waals surface area (Å²) in [5, 5.41) is 6.87. The highest BCUT2D eigenvalue weighted by Gasteiger charge is 2.11. The number of nitrogens with zero attached hydrogens (tertiary/aromatic N) is 2. The highest BCUT2D eigenvalue weighted by atomic mass is 16.1. The first-order valence-electron chi connectivity index (χ1n) is 5.20. The van der Waals surface area contributed by atoms with Crippen molar-refractivity contribution in [3.05, 3.63) is 34.0 Å². The van der Waals surface area contributed by atoms with E-state index >= 15 is 0 Å². The maximum absolute atomic E-state index is 11.7. The van der Waals surface area contributed by atoms with E-state index in [1.165, 1.54) is 0 Å². The molecule has 0 saturated heterocycles. The molecular weight excluding hydrogens is 204 g/mol. The van der Waals surface area contributed by atoms with Crippen LogP contribution in [0.2, 0.25) is 0 Å². The van der Waals surface area contributed by atoms with Gasteiger partial charge in [0, 0.05) is 23.9 Å². The Morgan fingerprint density at radius 3 is 2.69 bits per heavy atom. The van der Waals surface area contributed by atoms with Gasteiger partial charge in [0.15, 0.2) is 11.3 Å². The highest BCUT2D eigenvalue weighted by Crippen LogP contribution is 2.13. The van der Waals surface area contributed by atoms with E-state index in [1.807, 2.05) is 20.8 Å². The van der Waals surface area contributed by atoms with E-state index in [0.717, 1.165) is 11.5 Å². The second-order valence-corrected chi connectivity index (χ2v) is 4.09. The summed E-state index contributed by atoms with van der Waals surface area (Å²) in [7, 11) is 0. The van der Waals surface area contributed by atoms with Gasteiger partial charge in [0.1, 0.15) is 5.82 Å². The van der Waals surface area contributed by atoms with Crippen molar-refractivity contribution in [3.63, 3.8) is 0 Å². The largest absolute Gasteiger partial charge is 0.364 e. The molecule has 2 rings (SSSR count). The average molecular weight is 218 g/mol. The Morgan fingerprint density at radius 2 is 2.12 bits per heavy atom. The fourth-order valence-electron chi connectivity index (χ4n) is 1.40. The van der Waals surface area contributed by atoms with Gasteiger partial charge in [-0.05, 0) is 6.92 Å². The van der Waals surface area contributed by atoms with Crippen LogP contribution < -0.4 is 5.43 Å². The number of aryl methyl sites for hydroxylation is 1. The zero-order chi connectivity index (χ0) is 11.7. The zero-order valence-electron chi connectivity index (χ0n) is 9.53. The van der Waals surface area contributed by atoms with E-state index < -0.39 is 0 Å². The minimum Gasteiger partial charge on any atom is -0.364 e. The zero-order valence-corrected chi connectivity index (χ0v) is 9.53. The number of aromatic nitrogens is 4. The summed E-state index contributed by atoms with van der Waals surface area (Å²) in [4.78, 5) is 19.0. The molecule has 0 saturated carbocycles. The summed E-state index contributed by atoms with van der Waals surface area (Å²) in [6.07, 6.45) is 1.64. The number of nitrogens with one attached hydrogen (secondary N) is 2. The molecule has 0 amide bonds. The van der Waals surface area contributed by atoms with Crippen LogP contribution in [0.15, 0.2) is 17.1 Å². The fraction of sp³-hybridized carbons (Fsp3) is 0.364. The number of hydrogen-bond acceptors (Lipinski definition) is 3. The van der Waals surface area contributed by atoms with Crippen LogP contribution in [0.4, 0.5) is 0 Å². The number of H-pyrrole nitrogens is 2. The fourth-order valence-corrected chi connectivity index (χ4v) is 1.40. The molecular formula is C11H14N4O. The number of rotatable bonds is 2. The summed E-state index contributed by atoms with van der Waals surface area (Å²) in [6.45, 7) is 5.87. The first-order chi connectivity index (χ1) is 7.58. The van der Waals surface area contributed by atoms with Gasteiger partial charge >= 0.3 is 0 Å². The van der Waals surface area contributed by atoms with Crippen LogP contribution in [-0.4, -0.2) is 20.2 Å². The van der Waals surface area contributed by atoms with E-state index in [0.29, 0.717) is 11.4 Å². The highest BCUT2D eigenvalue weighted by molar-refractivity contribution is 5.52. The summed E-state index contributed by atoms with van der Waals surface area (Å²) in [5.74, 6) is 1.51. The van der Waals surface area contributed by atoms with Crippen molar-refractivity contribution in [2.24, 2.45) is 0 Å². The monoisotopic (exact) mass is 218 g/mol. The average Bonchev–Trinajstić information content (AvgIpc) is 2.66. The molecule has 16 heavy (non-hydrogen) atoms. The Kier molecular flexibility index (Phi) is 2.60. The van der Waals surface area contributed by atoms with E-state index in [2.05, 4.69) is 20.2 Å². The van der Waals surface area contributed by atoms with E-state index in [1.54, 1.807) is 12.3 Å². The van der Waals surface area contributed by atoms with Crippen LogP contribution >= 0.6 is 0 Å². The lowest BCUT2D eigenvalue weighted by Gasteiger charge is -1.96. The van der Waals surface area contributed by atoms with Crippen LogP contribution in [-0.2, 0) is 0 Å². The third-order valence-electron chi connectivity index (χ3n) is 2.35. The third-order valence-corrected chi connectivity index (χ3v) is 2.35. The molecule has 0 spiro atoms. The number of aromatic amines is 2. The molecule has 2 aromatic heterocycles. The van der Waals surface area contributed by atoms with Crippen molar-refractivity contribution in [2.45, 2.75) is 26.7 Å². The Labute approximate surface area is 92.9 Å². The number of hydrogen-bond donors (Lipinski definition) is 2. The SMILES string of the molecule is Cc1cc(=O)c(-c2n[nH]c(C(C)C)n2)c[nH]1. The van der Waals surface area contributed by atoms with Crippen molar-refractivity contribution in [3.8, 4) is 11.4 Å². The topological polar surface area (TPSA) is 74.4 Å². The predicted molar refractivity (Wildman–Crippen MR) is 61.3 cm³/mol. The summed E-state index contributed by atoms with van der Waals surface area (Å²) in [6, 6.07) is 1.54. The van der Waals surface area contributed by atoms with E-state index in [-0.39, 0.29) is 11.3 Å². The second-order valence-electron chi connectivity index (χ2n) is 4.09. The number of pyridine rings is 1. The molecule has 0 fully saturated rings. The Bertz CT molecular complexity index is 553. The van der Waals surface area contributed by atoms with Crippen molar-refractivity contribution < 1.29 is 0 Å². The quantitative estimate of drug-likeness (QED) is 0.803. The standard InChI is InChI=1S/C11H14N4O/c1-6(2)10-13-11(15-14-10)8-5-12-7(3)4-9(8)16/h4-6H,1-3H3,(H,12,16)(H,13,14,15). The molecule has 2 aromatic rings. The van der Waals surface area contributed by atoms with Crippen molar-refractivity contribution >= 4 is 0 Å². The predicted octanol–water partition coefficient (Wildman–Crippen LogP) is 1.59. The van der Waals surface area contributed by atoms with Crippen LogP contribution in [0.3, 0.4) is 0 Å². The Hall–Kier alpha value is -1.91. The van der Waals surface area contributed by atoms with Gasteiger partial charge < -0.3 is 4.98 Å². The molecule has 0 radical (unpaired) electrons. The molecule has 0 bridgehead atoms. The minimum atomic E-state index is -0.0643. The molecule has 0 unspecified atom stereocenters. The third kappa shape index (κ3) is 1.88. The normalized spacial score (nSPS) is 11.0. The Morgan fingerprint density at radius 1 is 1.38 bits per heavy atom. The molecule has 84 valence electrons. The minimum absolute atomic E-state index is 0.0643. The molecule has 0 aliphatic heterocycles. The van der Waals surface area contributed by atoms with Gasteiger partial charge in [-0.3, -0.25) is 9.89 Å². The lowest BCUT2D eigenvalue weighted by atomic mass is 10.2. The maximum Gasteiger partial charge on any atom is 0.192 e. The molecule has 5 nitrogen and oxygen atoms in total. The van der Waals surface area contributed by atoms with Crippen molar-refractivity contribution in [2.75, 3.05) is 0 Å². The van der Waals surface area contributed by atoms with E-state index in [9.17, 15) is 4.79 Å². The van der Waals surface area contributed by atoms with E-state index in [4.69, 9.17) is 0 Å². The van der Waals surface area contributed by atoms with Gasteiger partial charge in [-0.25, -0.2) is 4.98 Å². The van der Waals surface area contributed by atoms with Crippen LogP contribution in [0.1, 0.15) is 31.3 Å². The maximum atomic E-state index is 11.7. The molecule has 2 heterocycles. The van der Waals surface area contributed by atoms with Crippen molar-refractivity contribution in [1.29, 1.82) is 0 Å². The van der Waals surface area contributed by atoms with Gasteiger partial charge in [-0.2, -0.15) is 5.10 Å². The lowest BCUT2D eigenvalue weighted by molar-refractivity contribution is 0.781. The molecule has 0 aromatic carbocycles. The van der Waals surface area contributed by atoms with Gasteiger partial charge in [0.25, 0.3) is 0 Å². The summed E-state index contributed by atoms with van der Waals surface area (Å²) >= 11 is 0. The first kappa shape index (κ1) is 10.6. The lowest BCUT2D eigenvalue weighted by Crippen LogP contribution is -2.06. The van der Waals surface area contributed by atoms with Gasteiger partial charge in [-0.15, -0.1) is 0 Å². The van der Waals surface area contributed by atoms with Crippen LogP contribution in [0.25, 0.3) is 11.4 Å². The second kappa shape index (κ2) is 3.92. The summed E-state index contributed by atoms with van der Waals surface area (Å²) < 4.78 is 0. The molecule has 0 aliphatic carbocycles. The van der Waals surface area contributed by atoms with Gasteiger partial charge in [0.05, 0.1) is 5.56 Å². The van der Waals surface area contributed by atoms with Crippen molar-refractivity contribution in [1.82, 2.24) is 20.2 Å². The summed E-state index contributed by atoms with van der Waals surface area (Å²) in [5.41, 5.74) is 1.26. The van der Waals surface area contributed by atoms with Gasteiger partial charge in [-0.1, -0.05) is 13.8 Å².